The molecule has 0 aliphatic carbocycles. The Balaban J connectivity index is 2.36. The van der Waals surface area contributed by atoms with Crippen LogP contribution in [0.1, 0.15) is 29.8 Å². The van der Waals surface area contributed by atoms with Crippen molar-refractivity contribution in [2.45, 2.75) is 31.7 Å². The van der Waals surface area contributed by atoms with E-state index in [4.69, 9.17) is 0 Å². The van der Waals surface area contributed by atoms with Crippen LogP contribution in [0.4, 0.5) is 5.69 Å². The van der Waals surface area contributed by atoms with E-state index < -0.39 is 10.0 Å². The predicted octanol–water partition coefficient (Wildman–Crippen LogP) is 4.04. The highest BCUT2D eigenvalue weighted by atomic mass is 79.9. The molecule has 7 heteroatoms. The van der Waals surface area contributed by atoms with Crippen LogP contribution in [0.3, 0.4) is 0 Å². The molecule has 0 heterocycles. The van der Waals surface area contributed by atoms with Crippen LogP contribution in [0.25, 0.3) is 0 Å². The third-order valence-electron chi connectivity index (χ3n) is 3.85. The summed E-state index contributed by atoms with van der Waals surface area (Å²) in [5.74, 6) is -0.219. The highest BCUT2D eigenvalue weighted by Crippen LogP contribution is 2.26. The smallest absolute Gasteiger partial charge is 0.261 e. The molecule has 134 valence electrons. The van der Waals surface area contributed by atoms with Gasteiger partial charge >= 0.3 is 0 Å². The molecule has 0 bridgehead atoms. The first-order chi connectivity index (χ1) is 11.6. The topological polar surface area (TPSA) is 66.5 Å². The molecule has 5 nitrogen and oxygen atoms in total. The maximum absolute atomic E-state index is 12.7. The molecule has 1 N–H and O–H groups in total. The fraction of sp³-hybridized carbons (Fsp3) is 0.278. The second-order valence-corrected chi connectivity index (χ2v) is 8.66. The van der Waals surface area contributed by atoms with Crippen molar-refractivity contribution in [3.8, 4) is 0 Å². The van der Waals surface area contributed by atoms with Gasteiger partial charge in [0.15, 0.2) is 0 Å². The van der Waals surface area contributed by atoms with Crippen molar-refractivity contribution in [2.75, 3.05) is 11.8 Å². The molecular weight excluding hydrogens is 404 g/mol. The number of carbonyl (C=O) groups excluding carboxylic acids is 1. The van der Waals surface area contributed by atoms with Crippen LogP contribution in [0.15, 0.2) is 51.8 Å². The number of nitrogens with zero attached hydrogens (tertiary/aromatic N) is 1. The minimum Gasteiger partial charge on any atom is -0.339 e. The van der Waals surface area contributed by atoms with Crippen LogP contribution >= 0.6 is 15.9 Å². The van der Waals surface area contributed by atoms with Gasteiger partial charge in [-0.2, -0.15) is 0 Å². The van der Waals surface area contributed by atoms with E-state index in [1.807, 2.05) is 26.8 Å². The molecule has 0 aliphatic heterocycles. The van der Waals surface area contributed by atoms with Crippen molar-refractivity contribution in [1.82, 2.24) is 4.90 Å². The zero-order chi connectivity index (χ0) is 18.8. The molecule has 0 aliphatic rings. The summed E-state index contributed by atoms with van der Waals surface area (Å²) in [6.07, 6.45) is 0. The summed E-state index contributed by atoms with van der Waals surface area (Å²) in [6, 6.07) is 11.5. The van der Waals surface area contributed by atoms with Crippen LogP contribution in [0.2, 0.25) is 0 Å². The average Bonchev–Trinajstić information content (AvgIpc) is 2.56. The number of nitrogens with one attached hydrogen (secondary N) is 1. The maximum Gasteiger partial charge on any atom is 0.261 e. The van der Waals surface area contributed by atoms with Crippen LogP contribution in [0, 0.1) is 6.92 Å². The van der Waals surface area contributed by atoms with Gasteiger partial charge in [-0.1, -0.05) is 12.1 Å². The Morgan fingerprint density at radius 1 is 1.16 bits per heavy atom. The third kappa shape index (κ3) is 4.61. The normalized spacial score (nSPS) is 11.4. The Morgan fingerprint density at radius 2 is 1.84 bits per heavy atom. The molecule has 25 heavy (non-hydrogen) atoms. The first-order valence-electron chi connectivity index (χ1n) is 7.78. The quantitative estimate of drug-likeness (QED) is 0.787. The number of amides is 1. The lowest BCUT2D eigenvalue weighted by atomic mass is 10.2. The van der Waals surface area contributed by atoms with Gasteiger partial charge < -0.3 is 4.90 Å². The minimum absolute atomic E-state index is 0.0223. The Kier molecular flexibility index (Phi) is 5.90. The number of hydrogen-bond donors (Lipinski definition) is 1. The van der Waals surface area contributed by atoms with Gasteiger partial charge in [0.1, 0.15) is 0 Å². The predicted molar refractivity (Wildman–Crippen MR) is 103 cm³/mol. The SMILES string of the molecule is Cc1ccc(Br)c(NS(=O)(=O)c2cccc(C(=O)N(C)C(C)C)c2)c1. The van der Waals surface area contributed by atoms with Gasteiger partial charge in [0, 0.05) is 23.1 Å². The third-order valence-corrected chi connectivity index (χ3v) is 5.91. The second-order valence-electron chi connectivity index (χ2n) is 6.13. The molecular formula is C18H21BrN2O3S. The zero-order valence-electron chi connectivity index (χ0n) is 14.6. The molecule has 0 aromatic heterocycles. The number of hydrogen-bond acceptors (Lipinski definition) is 3. The molecule has 0 saturated carbocycles. The fourth-order valence-electron chi connectivity index (χ4n) is 2.16. The number of aryl methyl sites for hydroxylation is 1. The Hall–Kier alpha value is -1.86. The molecule has 0 spiro atoms. The molecule has 2 aromatic carbocycles. The lowest BCUT2D eigenvalue weighted by Crippen LogP contribution is -2.33. The summed E-state index contributed by atoms with van der Waals surface area (Å²) in [5.41, 5.74) is 1.72. The molecule has 0 unspecified atom stereocenters. The van der Waals surface area contributed by atoms with Gasteiger partial charge in [0.05, 0.1) is 10.6 Å². The van der Waals surface area contributed by atoms with Gasteiger partial charge in [-0.25, -0.2) is 8.42 Å². The Bertz CT molecular complexity index is 895. The van der Waals surface area contributed by atoms with Crippen molar-refractivity contribution >= 4 is 37.5 Å². The van der Waals surface area contributed by atoms with Gasteiger partial charge in [-0.05, 0) is 72.6 Å². The summed E-state index contributed by atoms with van der Waals surface area (Å²) in [7, 11) is -2.11. The monoisotopic (exact) mass is 424 g/mol. The van der Waals surface area contributed by atoms with E-state index in [1.165, 1.54) is 12.1 Å². The van der Waals surface area contributed by atoms with Crippen LogP contribution in [0.5, 0.6) is 0 Å². The fourth-order valence-corrected chi connectivity index (χ4v) is 3.75. The van der Waals surface area contributed by atoms with E-state index >= 15 is 0 Å². The first kappa shape index (κ1) is 19.5. The standard InChI is InChI=1S/C18H21BrN2O3S/c1-12(2)21(4)18(22)14-6-5-7-15(11-14)25(23,24)20-17-10-13(3)8-9-16(17)19/h5-12,20H,1-4H3. The summed E-state index contributed by atoms with van der Waals surface area (Å²) in [4.78, 5) is 14.0. The number of sulfonamides is 1. The largest absolute Gasteiger partial charge is 0.339 e. The lowest BCUT2D eigenvalue weighted by Gasteiger charge is -2.21. The first-order valence-corrected chi connectivity index (χ1v) is 10.1. The van der Waals surface area contributed by atoms with Crippen molar-refractivity contribution in [1.29, 1.82) is 0 Å². The van der Waals surface area contributed by atoms with Crippen LogP contribution < -0.4 is 4.72 Å². The molecule has 2 aromatic rings. The Labute approximate surface area is 157 Å². The number of halogens is 1. The zero-order valence-corrected chi connectivity index (χ0v) is 17.0. The van der Waals surface area contributed by atoms with Gasteiger partial charge in [-0.15, -0.1) is 0 Å². The number of anilines is 1. The molecule has 0 fully saturated rings. The van der Waals surface area contributed by atoms with E-state index in [0.717, 1.165) is 5.56 Å². The van der Waals surface area contributed by atoms with Gasteiger partial charge in [-0.3, -0.25) is 9.52 Å². The second kappa shape index (κ2) is 7.58. The van der Waals surface area contributed by atoms with Crippen molar-refractivity contribution < 1.29 is 13.2 Å². The lowest BCUT2D eigenvalue weighted by molar-refractivity contribution is 0.0754. The summed E-state index contributed by atoms with van der Waals surface area (Å²) in [5, 5.41) is 0. The summed E-state index contributed by atoms with van der Waals surface area (Å²) >= 11 is 3.34. The van der Waals surface area contributed by atoms with E-state index in [2.05, 4.69) is 20.7 Å². The molecule has 0 atom stereocenters. The van der Waals surface area contributed by atoms with E-state index in [-0.39, 0.29) is 16.8 Å². The molecule has 0 saturated heterocycles. The molecule has 2 rings (SSSR count). The van der Waals surface area contributed by atoms with Crippen LogP contribution in [-0.2, 0) is 10.0 Å². The molecule has 1 amide bonds. The maximum atomic E-state index is 12.7. The number of benzene rings is 2. The van der Waals surface area contributed by atoms with E-state index in [1.54, 1.807) is 36.2 Å². The van der Waals surface area contributed by atoms with E-state index in [0.29, 0.717) is 15.7 Å². The van der Waals surface area contributed by atoms with Gasteiger partial charge in [0.2, 0.25) is 0 Å². The van der Waals surface area contributed by atoms with Gasteiger partial charge in [0.25, 0.3) is 15.9 Å². The van der Waals surface area contributed by atoms with Crippen molar-refractivity contribution in [3.63, 3.8) is 0 Å². The van der Waals surface area contributed by atoms with Crippen molar-refractivity contribution in [2.24, 2.45) is 0 Å². The number of carbonyl (C=O) groups is 1. The number of rotatable bonds is 5. The van der Waals surface area contributed by atoms with Crippen molar-refractivity contribution in [3.05, 3.63) is 58.1 Å². The Morgan fingerprint density at radius 3 is 2.48 bits per heavy atom. The van der Waals surface area contributed by atoms with E-state index in [9.17, 15) is 13.2 Å². The molecule has 0 radical (unpaired) electrons. The highest BCUT2D eigenvalue weighted by Gasteiger charge is 2.20. The minimum atomic E-state index is -3.81. The summed E-state index contributed by atoms with van der Waals surface area (Å²) in [6.45, 7) is 5.68. The average molecular weight is 425 g/mol. The highest BCUT2D eigenvalue weighted by molar-refractivity contribution is 9.10. The van der Waals surface area contributed by atoms with Crippen LogP contribution in [-0.4, -0.2) is 32.3 Å². The summed E-state index contributed by atoms with van der Waals surface area (Å²) < 4.78 is 28.6.